The summed E-state index contributed by atoms with van der Waals surface area (Å²) in [6.07, 6.45) is 0.381. The third kappa shape index (κ3) is 1.92. The van der Waals surface area contributed by atoms with Gasteiger partial charge in [0, 0.05) is 27.7 Å². The fraction of sp³-hybridized carbons (Fsp3) is 0.125. The van der Waals surface area contributed by atoms with Crippen LogP contribution in [0.1, 0.15) is 20.8 Å². The summed E-state index contributed by atoms with van der Waals surface area (Å²) in [5, 5.41) is 2.03. The fourth-order valence-corrected chi connectivity index (χ4v) is 4.70. The Bertz CT molecular complexity index is 862. The van der Waals surface area contributed by atoms with Crippen LogP contribution in [0.3, 0.4) is 0 Å². The monoisotopic (exact) mass is 313 g/mol. The Kier molecular flexibility index (Phi) is 2.74. The van der Waals surface area contributed by atoms with E-state index < -0.39 is 0 Å². The van der Waals surface area contributed by atoms with E-state index >= 15 is 0 Å². The fourth-order valence-electron chi connectivity index (χ4n) is 2.63. The summed E-state index contributed by atoms with van der Waals surface area (Å²) >= 11 is 3.17. The topological polar surface area (TPSA) is 37.4 Å². The smallest absolute Gasteiger partial charge is 0.231 e. The van der Waals surface area contributed by atoms with Gasteiger partial charge in [-0.25, -0.2) is 0 Å². The highest BCUT2D eigenvalue weighted by Crippen LogP contribution is 2.33. The minimum absolute atomic E-state index is 0.0354. The molecule has 5 heteroatoms. The molecule has 0 radical (unpaired) electrons. The highest BCUT2D eigenvalue weighted by atomic mass is 32.1. The molecule has 4 rings (SSSR count). The molecule has 104 valence electrons. The maximum Gasteiger partial charge on any atom is 0.231 e. The molecule has 3 aromatic rings. The standard InChI is InChI=1S/C16H11NO2S2/c1-17-11-3-2-9(6-10(11)7-15(17)18)16(19)14-8-13-12(21-14)4-5-20-13/h2-6,8H,7H2,1H3. The summed E-state index contributed by atoms with van der Waals surface area (Å²) in [7, 11) is 1.77. The lowest BCUT2D eigenvalue weighted by atomic mass is 10.0. The Hall–Kier alpha value is -1.98. The van der Waals surface area contributed by atoms with Crippen molar-refractivity contribution >= 4 is 49.5 Å². The Labute approximate surface area is 129 Å². The van der Waals surface area contributed by atoms with Crippen LogP contribution in [-0.2, 0) is 11.2 Å². The number of rotatable bonds is 2. The van der Waals surface area contributed by atoms with Gasteiger partial charge >= 0.3 is 0 Å². The van der Waals surface area contributed by atoms with Gasteiger partial charge in [0.15, 0.2) is 0 Å². The van der Waals surface area contributed by atoms with Crippen molar-refractivity contribution in [2.75, 3.05) is 11.9 Å². The second-order valence-electron chi connectivity index (χ2n) is 5.06. The van der Waals surface area contributed by atoms with Gasteiger partial charge in [0.25, 0.3) is 0 Å². The van der Waals surface area contributed by atoms with Crippen LogP contribution in [0.2, 0.25) is 0 Å². The molecule has 0 atom stereocenters. The minimum Gasteiger partial charge on any atom is -0.315 e. The lowest BCUT2D eigenvalue weighted by Crippen LogP contribution is -2.20. The molecule has 3 nitrogen and oxygen atoms in total. The highest BCUT2D eigenvalue weighted by Gasteiger charge is 2.25. The van der Waals surface area contributed by atoms with Crippen molar-refractivity contribution < 1.29 is 9.59 Å². The molecule has 0 saturated carbocycles. The Morgan fingerprint density at radius 1 is 1.19 bits per heavy atom. The number of ketones is 1. The maximum absolute atomic E-state index is 12.6. The summed E-state index contributed by atoms with van der Waals surface area (Å²) in [6, 6.07) is 9.52. The molecule has 0 unspecified atom stereocenters. The number of thiophene rings is 2. The first-order chi connectivity index (χ1) is 10.1. The van der Waals surface area contributed by atoms with E-state index in [1.165, 1.54) is 11.3 Å². The number of likely N-dealkylation sites (N-methyl/N-ethyl adjacent to an activating group) is 1. The third-order valence-electron chi connectivity index (χ3n) is 3.78. The lowest BCUT2D eigenvalue weighted by molar-refractivity contribution is -0.117. The van der Waals surface area contributed by atoms with Crippen molar-refractivity contribution in [3.8, 4) is 0 Å². The number of fused-ring (bicyclic) bond motifs is 2. The first kappa shape index (κ1) is 12.7. The van der Waals surface area contributed by atoms with Gasteiger partial charge in [-0.15, -0.1) is 22.7 Å². The van der Waals surface area contributed by atoms with E-state index in [-0.39, 0.29) is 11.7 Å². The summed E-state index contributed by atoms with van der Waals surface area (Å²) in [4.78, 5) is 26.7. The van der Waals surface area contributed by atoms with Crippen molar-refractivity contribution in [1.29, 1.82) is 0 Å². The predicted octanol–water partition coefficient (Wildman–Crippen LogP) is 3.71. The maximum atomic E-state index is 12.6. The molecule has 3 heterocycles. The normalized spacial score (nSPS) is 14.0. The zero-order valence-electron chi connectivity index (χ0n) is 11.3. The van der Waals surface area contributed by atoms with Gasteiger partial charge in [0.1, 0.15) is 0 Å². The van der Waals surface area contributed by atoms with Crippen LogP contribution in [0.5, 0.6) is 0 Å². The van der Waals surface area contributed by atoms with Crippen LogP contribution in [0.4, 0.5) is 5.69 Å². The van der Waals surface area contributed by atoms with Crippen molar-refractivity contribution in [3.63, 3.8) is 0 Å². The molecule has 21 heavy (non-hydrogen) atoms. The van der Waals surface area contributed by atoms with Crippen molar-refractivity contribution in [1.82, 2.24) is 0 Å². The molecule has 0 N–H and O–H groups in total. The van der Waals surface area contributed by atoms with Crippen LogP contribution in [0.15, 0.2) is 35.7 Å². The number of amides is 1. The summed E-state index contributed by atoms with van der Waals surface area (Å²) < 4.78 is 2.30. The molecule has 0 aliphatic carbocycles. The quantitative estimate of drug-likeness (QED) is 0.676. The average molecular weight is 313 g/mol. The molecular formula is C16H11NO2S2. The average Bonchev–Trinajstić information content (AvgIpc) is 3.12. The Balaban J connectivity index is 1.74. The summed E-state index contributed by atoms with van der Waals surface area (Å²) in [5.41, 5.74) is 2.50. The van der Waals surface area contributed by atoms with E-state index in [4.69, 9.17) is 0 Å². The third-order valence-corrected chi connectivity index (χ3v) is 5.87. The zero-order chi connectivity index (χ0) is 14.6. The number of anilines is 1. The van der Waals surface area contributed by atoms with Gasteiger partial charge in [-0.1, -0.05) is 0 Å². The van der Waals surface area contributed by atoms with Crippen molar-refractivity contribution in [2.24, 2.45) is 0 Å². The van der Waals surface area contributed by atoms with Crippen LogP contribution in [-0.4, -0.2) is 18.7 Å². The number of nitrogens with zero attached hydrogens (tertiary/aromatic N) is 1. The van der Waals surface area contributed by atoms with Crippen molar-refractivity contribution in [3.05, 3.63) is 51.7 Å². The molecule has 1 aliphatic heterocycles. The molecule has 0 saturated heterocycles. The molecule has 0 fully saturated rings. The largest absolute Gasteiger partial charge is 0.315 e. The van der Waals surface area contributed by atoms with Gasteiger partial charge < -0.3 is 4.90 Å². The van der Waals surface area contributed by atoms with E-state index in [1.807, 2.05) is 35.7 Å². The highest BCUT2D eigenvalue weighted by molar-refractivity contribution is 7.28. The van der Waals surface area contributed by atoms with E-state index in [0.717, 1.165) is 25.5 Å². The molecule has 1 amide bonds. The first-order valence-corrected chi connectivity index (χ1v) is 8.24. The summed E-state index contributed by atoms with van der Waals surface area (Å²) in [5.74, 6) is 0.111. The number of carbonyl (C=O) groups excluding carboxylic acids is 2. The molecule has 1 aliphatic rings. The van der Waals surface area contributed by atoms with E-state index in [0.29, 0.717) is 12.0 Å². The Morgan fingerprint density at radius 2 is 2.05 bits per heavy atom. The van der Waals surface area contributed by atoms with Crippen LogP contribution in [0.25, 0.3) is 9.40 Å². The van der Waals surface area contributed by atoms with Crippen LogP contribution < -0.4 is 4.90 Å². The molecular weight excluding hydrogens is 302 g/mol. The molecule has 0 bridgehead atoms. The minimum atomic E-state index is 0.0354. The second-order valence-corrected chi connectivity index (χ2v) is 7.09. The summed E-state index contributed by atoms with van der Waals surface area (Å²) in [6.45, 7) is 0. The van der Waals surface area contributed by atoms with Crippen LogP contribution in [0, 0.1) is 0 Å². The van der Waals surface area contributed by atoms with E-state index in [2.05, 4.69) is 0 Å². The van der Waals surface area contributed by atoms with Gasteiger partial charge in [-0.2, -0.15) is 0 Å². The second kappa shape index (κ2) is 4.51. The lowest BCUT2D eigenvalue weighted by Gasteiger charge is -2.09. The SMILES string of the molecule is CN1C(=O)Cc2cc(C(=O)c3cc4sccc4s3)ccc21. The predicted molar refractivity (Wildman–Crippen MR) is 86.7 cm³/mol. The first-order valence-electron chi connectivity index (χ1n) is 6.55. The van der Waals surface area contributed by atoms with Gasteiger partial charge in [-0.3, -0.25) is 9.59 Å². The van der Waals surface area contributed by atoms with E-state index in [9.17, 15) is 9.59 Å². The van der Waals surface area contributed by atoms with Gasteiger partial charge in [0.05, 0.1) is 11.3 Å². The number of carbonyl (C=O) groups is 2. The molecule has 0 spiro atoms. The Morgan fingerprint density at radius 3 is 2.86 bits per heavy atom. The zero-order valence-corrected chi connectivity index (χ0v) is 12.9. The van der Waals surface area contributed by atoms with Crippen molar-refractivity contribution in [2.45, 2.75) is 6.42 Å². The molecule has 2 aromatic heterocycles. The van der Waals surface area contributed by atoms with Gasteiger partial charge in [-0.05, 0) is 41.3 Å². The van der Waals surface area contributed by atoms with Gasteiger partial charge in [0.2, 0.25) is 11.7 Å². The number of benzene rings is 1. The molecule has 1 aromatic carbocycles. The van der Waals surface area contributed by atoms with E-state index in [1.54, 1.807) is 23.3 Å². The van der Waals surface area contributed by atoms with Crippen LogP contribution >= 0.6 is 22.7 Å². The number of hydrogen-bond donors (Lipinski definition) is 0. The number of hydrogen-bond acceptors (Lipinski definition) is 4.